The summed E-state index contributed by atoms with van der Waals surface area (Å²) in [6, 6.07) is 17.0. The Bertz CT molecular complexity index is 892. The number of aromatic nitrogens is 1. The van der Waals surface area contributed by atoms with Gasteiger partial charge in [-0.2, -0.15) is 0 Å². The van der Waals surface area contributed by atoms with Crippen LogP contribution in [0.4, 0.5) is 5.13 Å². The van der Waals surface area contributed by atoms with Gasteiger partial charge in [-0.15, -0.1) is 11.3 Å². The Morgan fingerprint density at radius 2 is 1.73 bits per heavy atom. The summed E-state index contributed by atoms with van der Waals surface area (Å²) < 4.78 is 1.01. The summed E-state index contributed by atoms with van der Waals surface area (Å²) in [6.45, 7) is 0. The fourth-order valence-corrected chi connectivity index (χ4v) is 3.44. The fraction of sp³-hybridized carbons (Fsp3) is 0.150. The lowest BCUT2D eigenvalue weighted by molar-refractivity contribution is -0.116. The van der Waals surface area contributed by atoms with Crippen LogP contribution in [0.15, 0.2) is 64.5 Å². The number of anilines is 1. The van der Waals surface area contributed by atoms with Crippen LogP contribution in [0.1, 0.15) is 29.6 Å². The van der Waals surface area contributed by atoms with Crippen LogP contribution in [-0.4, -0.2) is 16.7 Å². The maximum Gasteiger partial charge on any atom is 0.226 e. The molecular formula is C20H17BrN2O2S. The molecule has 0 aliphatic rings. The molecule has 1 N–H and O–H groups in total. The molecule has 1 aromatic heterocycles. The Labute approximate surface area is 164 Å². The third-order valence-electron chi connectivity index (χ3n) is 3.79. The molecule has 0 atom stereocenters. The van der Waals surface area contributed by atoms with Crippen molar-refractivity contribution < 1.29 is 9.59 Å². The molecule has 0 saturated heterocycles. The molecule has 1 amide bonds. The number of hydrogen-bond acceptors (Lipinski definition) is 4. The van der Waals surface area contributed by atoms with Gasteiger partial charge in [-0.3, -0.25) is 9.59 Å². The number of rotatable bonds is 7. The molecule has 4 nitrogen and oxygen atoms in total. The van der Waals surface area contributed by atoms with E-state index in [2.05, 4.69) is 26.2 Å². The molecule has 3 aromatic rings. The van der Waals surface area contributed by atoms with Crippen LogP contribution in [0.3, 0.4) is 0 Å². The van der Waals surface area contributed by atoms with Gasteiger partial charge in [-0.1, -0.05) is 58.4 Å². The smallest absolute Gasteiger partial charge is 0.226 e. The molecule has 6 heteroatoms. The number of thiazole rings is 1. The number of ketones is 1. The average Bonchev–Trinajstić information content (AvgIpc) is 3.11. The van der Waals surface area contributed by atoms with Gasteiger partial charge in [0.05, 0.1) is 5.69 Å². The Balaban J connectivity index is 1.48. The highest BCUT2D eigenvalue weighted by molar-refractivity contribution is 9.10. The van der Waals surface area contributed by atoms with Crippen molar-refractivity contribution >= 4 is 44.1 Å². The minimum atomic E-state index is -0.123. The van der Waals surface area contributed by atoms with Gasteiger partial charge in [0, 0.05) is 33.8 Å². The first-order valence-electron chi connectivity index (χ1n) is 8.21. The van der Waals surface area contributed by atoms with Gasteiger partial charge in [0.2, 0.25) is 5.91 Å². The van der Waals surface area contributed by atoms with E-state index in [0.29, 0.717) is 30.0 Å². The molecule has 0 unspecified atom stereocenters. The van der Waals surface area contributed by atoms with Crippen molar-refractivity contribution in [2.24, 2.45) is 0 Å². The van der Waals surface area contributed by atoms with E-state index in [1.165, 1.54) is 11.3 Å². The molecule has 0 saturated carbocycles. The van der Waals surface area contributed by atoms with Crippen LogP contribution < -0.4 is 5.32 Å². The van der Waals surface area contributed by atoms with E-state index in [1.807, 2.05) is 47.8 Å². The number of nitrogens with one attached hydrogen (secondary N) is 1. The standard InChI is InChI=1S/C20H17BrN2O2S/c21-16-11-9-14(10-12-16)17-13-26-20(22-17)23-19(25)8-4-7-18(24)15-5-2-1-3-6-15/h1-3,5-6,9-13H,4,7-8H2,(H,22,23,25). The molecule has 0 spiro atoms. The van der Waals surface area contributed by atoms with Gasteiger partial charge in [-0.05, 0) is 18.6 Å². The summed E-state index contributed by atoms with van der Waals surface area (Å²) in [5, 5.41) is 5.29. The first-order chi connectivity index (χ1) is 12.6. The number of halogens is 1. The Hall–Kier alpha value is -2.31. The zero-order valence-electron chi connectivity index (χ0n) is 13.9. The summed E-state index contributed by atoms with van der Waals surface area (Å²) >= 11 is 4.80. The number of hydrogen-bond donors (Lipinski definition) is 1. The van der Waals surface area contributed by atoms with Crippen LogP contribution in [0.5, 0.6) is 0 Å². The van der Waals surface area contributed by atoms with E-state index in [0.717, 1.165) is 15.7 Å². The van der Waals surface area contributed by atoms with Crippen LogP contribution in [0, 0.1) is 0 Å². The van der Waals surface area contributed by atoms with Crippen molar-refractivity contribution in [2.75, 3.05) is 5.32 Å². The van der Waals surface area contributed by atoms with E-state index >= 15 is 0 Å². The van der Waals surface area contributed by atoms with E-state index < -0.39 is 0 Å². The maximum atomic E-state index is 12.1. The zero-order chi connectivity index (χ0) is 18.4. The molecule has 0 aliphatic carbocycles. The van der Waals surface area contributed by atoms with E-state index in [9.17, 15) is 9.59 Å². The summed E-state index contributed by atoms with van der Waals surface area (Å²) in [5.41, 5.74) is 2.52. The minimum absolute atomic E-state index is 0.0603. The van der Waals surface area contributed by atoms with Gasteiger partial charge in [0.15, 0.2) is 10.9 Å². The second-order valence-corrected chi connectivity index (χ2v) is 7.51. The number of amides is 1. The largest absolute Gasteiger partial charge is 0.302 e. The van der Waals surface area contributed by atoms with Gasteiger partial charge in [0.25, 0.3) is 0 Å². The first kappa shape index (κ1) is 18.5. The highest BCUT2D eigenvalue weighted by Gasteiger charge is 2.10. The Kier molecular flexibility index (Phi) is 6.30. The van der Waals surface area contributed by atoms with Gasteiger partial charge in [-0.25, -0.2) is 4.98 Å². The number of carbonyl (C=O) groups is 2. The van der Waals surface area contributed by atoms with Crippen molar-refractivity contribution in [2.45, 2.75) is 19.3 Å². The second kappa shape index (κ2) is 8.87. The molecule has 0 fully saturated rings. The Morgan fingerprint density at radius 3 is 2.46 bits per heavy atom. The molecular weight excluding hydrogens is 412 g/mol. The third-order valence-corrected chi connectivity index (χ3v) is 5.08. The number of carbonyl (C=O) groups excluding carboxylic acids is 2. The monoisotopic (exact) mass is 428 g/mol. The molecule has 0 bridgehead atoms. The predicted molar refractivity (Wildman–Crippen MR) is 109 cm³/mol. The fourth-order valence-electron chi connectivity index (χ4n) is 2.44. The molecule has 3 rings (SSSR count). The van der Waals surface area contributed by atoms with Crippen molar-refractivity contribution in [3.8, 4) is 11.3 Å². The highest BCUT2D eigenvalue weighted by atomic mass is 79.9. The minimum Gasteiger partial charge on any atom is -0.302 e. The zero-order valence-corrected chi connectivity index (χ0v) is 16.3. The van der Waals surface area contributed by atoms with Crippen molar-refractivity contribution in [3.63, 3.8) is 0 Å². The van der Waals surface area contributed by atoms with Gasteiger partial charge >= 0.3 is 0 Å². The maximum absolute atomic E-state index is 12.1. The molecule has 0 radical (unpaired) electrons. The third kappa shape index (κ3) is 5.09. The quantitative estimate of drug-likeness (QED) is 0.500. The summed E-state index contributed by atoms with van der Waals surface area (Å²) in [4.78, 5) is 28.5. The van der Waals surface area contributed by atoms with Crippen molar-refractivity contribution in [3.05, 3.63) is 70.0 Å². The lowest BCUT2D eigenvalue weighted by Gasteiger charge is -2.02. The van der Waals surface area contributed by atoms with Crippen LogP contribution in [-0.2, 0) is 4.79 Å². The first-order valence-corrected chi connectivity index (χ1v) is 9.88. The lowest BCUT2D eigenvalue weighted by Crippen LogP contribution is -2.11. The normalized spacial score (nSPS) is 10.5. The van der Waals surface area contributed by atoms with Crippen LogP contribution in [0.25, 0.3) is 11.3 Å². The molecule has 0 aliphatic heterocycles. The molecule has 26 heavy (non-hydrogen) atoms. The summed E-state index contributed by atoms with van der Waals surface area (Å²) in [7, 11) is 0. The SMILES string of the molecule is O=C(CCCC(=O)c1ccccc1)Nc1nc(-c2ccc(Br)cc2)cs1. The number of nitrogens with zero attached hydrogens (tertiary/aromatic N) is 1. The molecule has 2 aromatic carbocycles. The van der Waals surface area contributed by atoms with E-state index in [1.54, 1.807) is 12.1 Å². The van der Waals surface area contributed by atoms with Gasteiger partial charge in [0.1, 0.15) is 0 Å². The Morgan fingerprint density at radius 1 is 1.00 bits per heavy atom. The summed E-state index contributed by atoms with van der Waals surface area (Å²) in [6.07, 6.45) is 1.18. The summed E-state index contributed by atoms with van der Waals surface area (Å²) in [5.74, 6) is -0.0623. The van der Waals surface area contributed by atoms with Crippen LogP contribution >= 0.6 is 27.3 Å². The van der Waals surface area contributed by atoms with Crippen LogP contribution in [0.2, 0.25) is 0 Å². The average molecular weight is 429 g/mol. The van der Waals surface area contributed by atoms with Gasteiger partial charge < -0.3 is 5.32 Å². The highest BCUT2D eigenvalue weighted by Crippen LogP contribution is 2.26. The second-order valence-electron chi connectivity index (χ2n) is 5.74. The number of benzene rings is 2. The molecule has 1 heterocycles. The van der Waals surface area contributed by atoms with Crippen molar-refractivity contribution in [1.29, 1.82) is 0 Å². The molecule has 132 valence electrons. The van der Waals surface area contributed by atoms with E-state index in [4.69, 9.17) is 0 Å². The number of Topliss-reactive ketones (excluding diaryl/α,β-unsaturated/α-hetero) is 1. The topological polar surface area (TPSA) is 59.1 Å². The van der Waals surface area contributed by atoms with E-state index in [-0.39, 0.29) is 11.7 Å². The lowest BCUT2D eigenvalue weighted by atomic mass is 10.1. The predicted octanol–water partition coefficient (Wildman–Crippen LogP) is 5.56. The van der Waals surface area contributed by atoms with Crippen molar-refractivity contribution in [1.82, 2.24) is 4.98 Å².